The highest BCUT2D eigenvalue weighted by Gasteiger charge is 2.11. The number of nitrogens with zero attached hydrogens (tertiary/aromatic N) is 2. The van der Waals surface area contributed by atoms with Crippen molar-refractivity contribution in [2.45, 2.75) is 13.8 Å². The Kier molecular flexibility index (Phi) is 3.49. The molecule has 0 saturated carbocycles. The van der Waals surface area contributed by atoms with Crippen molar-refractivity contribution in [1.82, 2.24) is 9.38 Å². The molecule has 0 aliphatic heterocycles. The summed E-state index contributed by atoms with van der Waals surface area (Å²) in [5.74, 6) is 0.870. The summed E-state index contributed by atoms with van der Waals surface area (Å²) in [7, 11) is 0. The molecule has 0 atom stereocenters. The van der Waals surface area contributed by atoms with Crippen LogP contribution in [0.25, 0.3) is 16.9 Å². The molecule has 3 rings (SSSR count). The van der Waals surface area contributed by atoms with E-state index in [1.807, 2.05) is 49.5 Å². The first kappa shape index (κ1) is 13.2. The Morgan fingerprint density at radius 2 is 2.00 bits per heavy atom. The fraction of sp³-hybridized carbons (Fsp3) is 0.188. The number of hydrogen-bond donors (Lipinski definition) is 0. The van der Waals surface area contributed by atoms with Gasteiger partial charge in [0.2, 0.25) is 0 Å². The van der Waals surface area contributed by atoms with E-state index in [0.717, 1.165) is 32.8 Å². The molecule has 2 aromatic heterocycles. The standard InChI is InChI=1S/C16H15BrN2O/c1-3-20-15-7-5-4-6-12(15)14-10-19-11(2)13(17)8-9-16(19)18-14/h4-10H,3H2,1-2H3. The summed E-state index contributed by atoms with van der Waals surface area (Å²) < 4.78 is 8.84. The van der Waals surface area contributed by atoms with Crippen LogP contribution in [0.2, 0.25) is 0 Å². The number of ether oxygens (including phenoxy) is 1. The van der Waals surface area contributed by atoms with Gasteiger partial charge in [-0.05, 0) is 54.0 Å². The van der Waals surface area contributed by atoms with Crippen molar-refractivity contribution in [2.24, 2.45) is 0 Å². The molecule has 0 unspecified atom stereocenters. The molecule has 0 saturated heterocycles. The molecule has 0 radical (unpaired) electrons. The zero-order valence-electron chi connectivity index (χ0n) is 11.4. The van der Waals surface area contributed by atoms with E-state index in [0.29, 0.717) is 6.61 Å². The number of benzene rings is 1. The molecule has 3 aromatic rings. The largest absolute Gasteiger partial charge is 0.493 e. The molecule has 0 spiro atoms. The summed E-state index contributed by atoms with van der Waals surface area (Å²) in [6.45, 7) is 4.70. The molecule has 4 heteroatoms. The van der Waals surface area contributed by atoms with Crippen molar-refractivity contribution in [2.75, 3.05) is 6.61 Å². The third-order valence-corrected chi connectivity index (χ3v) is 4.12. The maximum absolute atomic E-state index is 5.68. The summed E-state index contributed by atoms with van der Waals surface area (Å²) in [5.41, 5.74) is 4.02. The number of aryl methyl sites for hydroxylation is 1. The van der Waals surface area contributed by atoms with Crippen molar-refractivity contribution < 1.29 is 4.74 Å². The van der Waals surface area contributed by atoms with E-state index in [1.165, 1.54) is 0 Å². The molecule has 1 aromatic carbocycles. The maximum atomic E-state index is 5.68. The van der Waals surface area contributed by atoms with Gasteiger partial charge < -0.3 is 9.14 Å². The fourth-order valence-electron chi connectivity index (χ4n) is 2.25. The molecule has 102 valence electrons. The highest BCUT2D eigenvalue weighted by atomic mass is 79.9. The second kappa shape index (κ2) is 5.29. The molecule has 0 aliphatic carbocycles. The van der Waals surface area contributed by atoms with Gasteiger partial charge in [0.1, 0.15) is 11.4 Å². The van der Waals surface area contributed by atoms with Crippen LogP contribution in [0.1, 0.15) is 12.6 Å². The first-order valence-corrected chi connectivity index (χ1v) is 7.36. The zero-order chi connectivity index (χ0) is 14.1. The number of imidazole rings is 1. The van der Waals surface area contributed by atoms with Gasteiger partial charge in [0.15, 0.2) is 0 Å². The van der Waals surface area contributed by atoms with Crippen molar-refractivity contribution >= 4 is 21.6 Å². The quantitative estimate of drug-likeness (QED) is 0.708. The normalized spacial score (nSPS) is 10.9. The van der Waals surface area contributed by atoms with Gasteiger partial charge in [0, 0.05) is 21.9 Å². The topological polar surface area (TPSA) is 26.5 Å². The number of hydrogen-bond acceptors (Lipinski definition) is 2. The molecule has 3 nitrogen and oxygen atoms in total. The van der Waals surface area contributed by atoms with E-state index in [-0.39, 0.29) is 0 Å². The number of halogens is 1. The summed E-state index contributed by atoms with van der Waals surface area (Å²) in [4.78, 5) is 4.69. The van der Waals surface area contributed by atoms with Gasteiger partial charge >= 0.3 is 0 Å². The van der Waals surface area contributed by atoms with Gasteiger partial charge in [-0.2, -0.15) is 0 Å². The molecule has 0 fully saturated rings. The molecule has 20 heavy (non-hydrogen) atoms. The van der Waals surface area contributed by atoms with Crippen LogP contribution in [0, 0.1) is 6.92 Å². The third kappa shape index (κ3) is 2.20. The van der Waals surface area contributed by atoms with E-state index < -0.39 is 0 Å². The molecule has 0 bridgehead atoms. The van der Waals surface area contributed by atoms with Crippen molar-refractivity contribution in [3.8, 4) is 17.0 Å². The monoisotopic (exact) mass is 330 g/mol. The Morgan fingerprint density at radius 3 is 2.80 bits per heavy atom. The predicted molar refractivity (Wildman–Crippen MR) is 84.2 cm³/mol. The summed E-state index contributed by atoms with van der Waals surface area (Å²) >= 11 is 3.55. The third-order valence-electron chi connectivity index (χ3n) is 3.28. The summed E-state index contributed by atoms with van der Waals surface area (Å²) in [5, 5.41) is 0. The Bertz CT molecular complexity index is 764. The average Bonchev–Trinajstić information content (AvgIpc) is 2.89. The first-order valence-electron chi connectivity index (χ1n) is 6.57. The lowest BCUT2D eigenvalue weighted by atomic mass is 10.1. The highest BCUT2D eigenvalue weighted by molar-refractivity contribution is 9.10. The Balaban J connectivity index is 2.18. The maximum Gasteiger partial charge on any atom is 0.137 e. The van der Waals surface area contributed by atoms with E-state index in [4.69, 9.17) is 4.74 Å². The lowest BCUT2D eigenvalue weighted by molar-refractivity contribution is 0.341. The minimum Gasteiger partial charge on any atom is -0.493 e. The van der Waals surface area contributed by atoms with E-state index in [1.54, 1.807) is 0 Å². The van der Waals surface area contributed by atoms with Crippen LogP contribution >= 0.6 is 15.9 Å². The molecule has 0 aliphatic rings. The second-order valence-corrected chi connectivity index (χ2v) is 5.40. The van der Waals surface area contributed by atoms with Crippen LogP contribution in [0.4, 0.5) is 0 Å². The number of fused-ring (bicyclic) bond motifs is 1. The van der Waals surface area contributed by atoms with Crippen molar-refractivity contribution in [3.05, 3.63) is 52.8 Å². The lowest BCUT2D eigenvalue weighted by Gasteiger charge is -2.07. The lowest BCUT2D eigenvalue weighted by Crippen LogP contribution is -1.93. The number of para-hydroxylation sites is 1. The number of rotatable bonds is 3. The predicted octanol–water partition coefficient (Wildman–Crippen LogP) is 4.47. The number of aromatic nitrogens is 2. The van der Waals surface area contributed by atoms with Crippen LogP contribution in [0.15, 0.2) is 47.1 Å². The average molecular weight is 331 g/mol. The fourth-order valence-corrected chi connectivity index (χ4v) is 2.58. The van der Waals surface area contributed by atoms with Gasteiger partial charge in [0.25, 0.3) is 0 Å². The Hall–Kier alpha value is -1.81. The zero-order valence-corrected chi connectivity index (χ0v) is 13.0. The van der Waals surface area contributed by atoms with Gasteiger partial charge in [-0.25, -0.2) is 4.98 Å². The van der Waals surface area contributed by atoms with Crippen molar-refractivity contribution in [1.29, 1.82) is 0 Å². The minimum absolute atomic E-state index is 0.648. The summed E-state index contributed by atoms with van der Waals surface area (Å²) in [6, 6.07) is 12.0. The van der Waals surface area contributed by atoms with Gasteiger partial charge in [-0.1, -0.05) is 12.1 Å². The van der Waals surface area contributed by atoms with Crippen LogP contribution in [0.3, 0.4) is 0 Å². The van der Waals surface area contributed by atoms with Crippen molar-refractivity contribution in [3.63, 3.8) is 0 Å². The van der Waals surface area contributed by atoms with Gasteiger partial charge in [0.05, 0.1) is 12.3 Å². The van der Waals surface area contributed by atoms with Crippen LogP contribution in [-0.2, 0) is 0 Å². The minimum atomic E-state index is 0.648. The summed E-state index contributed by atoms with van der Waals surface area (Å²) in [6.07, 6.45) is 2.05. The van der Waals surface area contributed by atoms with E-state index in [9.17, 15) is 0 Å². The highest BCUT2D eigenvalue weighted by Crippen LogP contribution is 2.30. The van der Waals surface area contributed by atoms with E-state index in [2.05, 4.69) is 32.2 Å². The Morgan fingerprint density at radius 1 is 1.20 bits per heavy atom. The second-order valence-electron chi connectivity index (χ2n) is 4.55. The molecule has 0 N–H and O–H groups in total. The molecular weight excluding hydrogens is 316 g/mol. The molecule has 2 heterocycles. The van der Waals surface area contributed by atoms with E-state index >= 15 is 0 Å². The smallest absolute Gasteiger partial charge is 0.137 e. The van der Waals surface area contributed by atoms with Gasteiger partial charge in [-0.15, -0.1) is 0 Å². The first-order chi connectivity index (χ1) is 9.70. The Labute approximate surface area is 126 Å². The molecule has 0 amide bonds. The van der Waals surface area contributed by atoms with Gasteiger partial charge in [-0.3, -0.25) is 0 Å². The van der Waals surface area contributed by atoms with Crippen LogP contribution in [-0.4, -0.2) is 16.0 Å². The number of pyridine rings is 1. The van der Waals surface area contributed by atoms with Crippen LogP contribution < -0.4 is 4.74 Å². The SMILES string of the molecule is CCOc1ccccc1-c1cn2c(C)c(Br)ccc2n1. The van der Waals surface area contributed by atoms with Crippen LogP contribution in [0.5, 0.6) is 5.75 Å². The molecular formula is C16H15BrN2O.